The van der Waals surface area contributed by atoms with E-state index in [2.05, 4.69) is 22.1 Å². The molecule has 0 fully saturated rings. The van der Waals surface area contributed by atoms with Gasteiger partial charge in [0.2, 0.25) is 0 Å². The van der Waals surface area contributed by atoms with E-state index in [1.165, 1.54) is 5.56 Å². The van der Waals surface area contributed by atoms with Gasteiger partial charge in [0, 0.05) is 11.9 Å². The van der Waals surface area contributed by atoms with E-state index in [0.29, 0.717) is 0 Å². The molecule has 4 heteroatoms. The van der Waals surface area contributed by atoms with Crippen molar-refractivity contribution >= 4 is 11.8 Å². The van der Waals surface area contributed by atoms with E-state index in [4.69, 9.17) is 0 Å². The number of nitrogens with zero attached hydrogens (tertiary/aromatic N) is 2. The minimum atomic E-state index is -0.363. The van der Waals surface area contributed by atoms with Gasteiger partial charge in [-0.2, -0.15) is 11.8 Å². The van der Waals surface area contributed by atoms with E-state index in [-0.39, 0.29) is 11.4 Å². The molecule has 1 aromatic carbocycles. The summed E-state index contributed by atoms with van der Waals surface area (Å²) >= 11 is 1.77. The standard InChI is InChI=1S/C15H18N2OS/c1-12(18)15(13-5-3-2-4-6-13)19-10-8-14-7-9-16-11-17-14/h2-7,9,11-12,15,18H,8,10H2,1H3. The molecule has 0 amide bonds. The van der Waals surface area contributed by atoms with Crippen LogP contribution in [0.1, 0.15) is 23.4 Å². The van der Waals surface area contributed by atoms with Crippen molar-refractivity contribution in [3.63, 3.8) is 0 Å². The van der Waals surface area contributed by atoms with Crippen LogP contribution in [0.2, 0.25) is 0 Å². The molecule has 1 heterocycles. The van der Waals surface area contributed by atoms with Crippen molar-refractivity contribution in [3.05, 3.63) is 60.2 Å². The molecule has 2 unspecified atom stereocenters. The molecular formula is C15H18N2OS. The number of thioether (sulfide) groups is 1. The van der Waals surface area contributed by atoms with E-state index in [1.54, 1.807) is 24.3 Å². The quantitative estimate of drug-likeness (QED) is 0.880. The molecule has 0 aliphatic carbocycles. The van der Waals surface area contributed by atoms with Crippen molar-refractivity contribution in [3.8, 4) is 0 Å². The number of aromatic nitrogens is 2. The third-order valence-corrected chi connectivity index (χ3v) is 4.33. The van der Waals surface area contributed by atoms with E-state index < -0.39 is 0 Å². The van der Waals surface area contributed by atoms with Crippen LogP contribution >= 0.6 is 11.8 Å². The maximum Gasteiger partial charge on any atom is 0.115 e. The Morgan fingerprint density at radius 3 is 2.63 bits per heavy atom. The number of hydrogen-bond acceptors (Lipinski definition) is 4. The minimum Gasteiger partial charge on any atom is -0.392 e. The van der Waals surface area contributed by atoms with Crippen LogP contribution in [-0.4, -0.2) is 26.9 Å². The van der Waals surface area contributed by atoms with Gasteiger partial charge in [0.05, 0.1) is 11.4 Å². The van der Waals surface area contributed by atoms with Gasteiger partial charge >= 0.3 is 0 Å². The summed E-state index contributed by atoms with van der Waals surface area (Å²) in [5.74, 6) is 0.932. The van der Waals surface area contributed by atoms with Crippen LogP contribution in [0.3, 0.4) is 0 Å². The summed E-state index contributed by atoms with van der Waals surface area (Å²) in [7, 11) is 0. The molecular weight excluding hydrogens is 256 g/mol. The lowest BCUT2D eigenvalue weighted by Gasteiger charge is -2.19. The highest BCUT2D eigenvalue weighted by Crippen LogP contribution is 2.32. The van der Waals surface area contributed by atoms with Crippen LogP contribution in [-0.2, 0) is 6.42 Å². The molecule has 2 rings (SSSR count). The molecule has 0 spiro atoms. The third kappa shape index (κ3) is 4.33. The Bertz CT molecular complexity index is 476. The molecule has 0 bridgehead atoms. The van der Waals surface area contributed by atoms with E-state index in [0.717, 1.165) is 17.9 Å². The smallest absolute Gasteiger partial charge is 0.115 e. The van der Waals surface area contributed by atoms with Gasteiger partial charge in [-0.05, 0) is 30.7 Å². The number of aryl methyl sites for hydroxylation is 1. The summed E-state index contributed by atoms with van der Waals surface area (Å²) < 4.78 is 0. The monoisotopic (exact) mass is 274 g/mol. The summed E-state index contributed by atoms with van der Waals surface area (Å²) in [6.45, 7) is 1.84. The first-order valence-electron chi connectivity index (χ1n) is 6.37. The van der Waals surface area contributed by atoms with Crippen LogP contribution in [0.5, 0.6) is 0 Å². The molecule has 2 atom stereocenters. The lowest BCUT2D eigenvalue weighted by molar-refractivity contribution is 0.192. The van der Waals surface area contributed by atoms with Gasteiger partial charge in [-0.1, -0.05) is 30.3 Å². The van der Waals surface area contributed by atoms with Gasteiger partial charge in [-0.3, -0.25) is 0 Å². The van der Waals surface area contributed by atoms with Gasteiger partial charge in [0.1, 0.15) is 6.33 Å². The van der Waals surface area contributed by atoms with Crippen LogP contribution in [0.25, 0.3) is 0 Å². The largest absolute Gasteiger partial charge is 0.392 e. The SMILES string of the molecule is CC(O)C(SCCc1ccncn1)c1ccccc1. The van der Waals surface area contributed by atoms with Crippen LogP contribution in [0.4, 0.5) is 0 Å². The minimum absolute atomic E-state index is 0.114. The highest BCUT2D eigenvalue weighted by molar-refractivity contribution is 7.99. The molecule has 3 nitrogen and oxygen atoms in total. The first-order chi connectivity index (χ1) is 9.27. The second-order valence-electron chi connectivity index (χ2n) is 4.39. The van der Waals surface area contributed by atoms with E-state index in [9.17, 15) is 5.11 Å². The Hall–Kier alpha value is -1.39. The zero-order valence-corrected chi connectivity index (χ0v) is 11.8. The fourth-order valence-electron chi connectivity index (χ4n) is 1.91. The molecule has 1 aromatic heterocycles. The fourth-order valence-corrected chi connectivity index (χ4v) is 3.12. The van der Waals surface area contributed by atoms with Gasteiger partial charge < -0.3 is 5.11 Å². The lowest BCUT2D eigenvalue weighted by atomic mass is 10.1. The second-order valence-corrected chi connectivity index (χ2v) is 5.64. The normalized spacial score (nSPS) is 14.0. The number of hydrogen-bond donors (Lipinski definition) is 1. The van der Waals surface area contributed by atoms with E-state index in [1.807, 2.05) is 31.2 Å². The average Bonchev–Trinajstić information content (AvgIpc) is 2.45. The van der Waals surface area contributed by atoms with Gasteiger partial charge in [0.15, 0.2) is 0 Å². The fraction of sp³-hybridized carbons (Fsp3) is 0.333. The number of benzene rings is 1. The number of rotatable bonds is 6. The van der Waals surface area contributed by atoms with Gasteiger partial charge in [-0.25, -0.2) is 9.97 Å². The summed E-state index contributed by atoms with van der Waals surface area (Å²) in [4.78, 5) is 8.11. The average molecular weight is 274 g/mol. The van der Waals surface area contributed by atoms with Gasteiger partial charge in [0.25, 0.3) is 0 Å². The van der Waals surface area contributed by atoms with E-state index >= 15 is 0 Å². The van der Waals surface area contributed by atoms with Crippen molar-refractivity contribution in [1.29, 1.82) is 0 Å². The predicted molar refractivity (Wildman–Crippen MR) is 79.1 cm³/mol. The van der Waals surface area contributed by atoms with Crippen molar-refractivity contribution < 1.29 is 5.11 Å². The molecule has 2 aromatic rings. The first-order valence-corrected chi connectivity index (χ1v) is 7.42. The summed E-state index contributed by atoms with van der Waals surface area (Å²) in [5, 5.41) is 10.0. The Morgan fingerprint density at radius 2 is 2.00 bits per heavy atom. The lowest BCUT2D eigenvalue weighted by Crippen LogP contribution is -2.12. The van der Waals surface area contributed by atoms with Crippen LogP contribution in [0.15, 0.2) is 48.9 Å². The summed E-state index contributed by atoms with van der Waals surface area (Å²) in [6, 6.07) is 12.1. The first kappa shape index (κ1) is 14.0. The zero-order chi connectivity index (χ0) is 13.5. The molecule has 0 saturated heterocycles. The zero-order valence-electron chi connectivity index (χ0n) is 10.9. The Balaban J connectivity index is 1.92. The van der Waals surface area contributed by atoms with Crippen LogP contribution < -0.4 is 0 Å². The predicted octanol–water partition coefficient (Wildman–Crippen LogP) is 2.87. The Morgan fingerprint density at radius 1 is 1.21 bits per heavy atom. The number of aliphatic hydroxyl groups excluding tert-OH is 1. The van der Waals surface area contributed by atoms with Crippen molar-refractivity contribution in [1.82, 2.24) is 9.97 Å². The maximum atomic E-state index is 9.92. The van der Waals surface area contributed by atoms with Crippen molar-refractivity contribution in [2.24, 2.45) is 0 Å². The third-order valence-electron chi connectivity index (χ3n) is 2.87. The molecule has 0 aliphatic heterocycles. The summed E-state index contributed by atoms with van der Waals surface area (Å²) in [5.41, 5.74) is 2.21. The van der Waals surface area contributed by atoms with Crippen molar-refractivity contribution in [2.45, 2.75) is 24.7 Å². The maximum absolute atomic E-state index is 9.92. The van der Waals surface area contributed by atoms with Gasteiger partial charge in [-0.15, -0.1) is 0 Å². The van der Waals surface area contributed by atoms with Crippen molar-refractivity contribution in [2.75, 3.05) is 5.75 Å². The molecule has 100 valence electrons. The molecule has 19 heavy (non-hydrogen) atoms. The second kappa shape index (κ2) is 7.26. The summed E-state index contributed by atoms with van der Waals surface area (Å²) in [6.07, 6.45) is 3.86. The Kier molecular flexibility index (Phi) is 5.36. The molecule has 0 saturated carbocycles. The number of aliphatic hydroxyl groups is 1. The molecule has 1 N–H and O–H groups in total. The highest BCUT2D eigenvalue weighted by atomic mass is 32.2. The highest BCUT2D eigenvalue weighted by Gasteiger charge is 2.17. The molecule has 0 radical (unpaired) electrons. The topological polar surface area (TPSA) is 46.0 Å². The molecule has 0 aliphatic rings. The Labute approximate surface area is 118 Å². The van der Waals surface area contributed by atoms with Crippen LogP contribution in [0, 0.1) is 0 Å².